The highest BCUT2D eigenvalue weighted by atomic mass is 127. The molecule has 1 aromatic carbocycles. The van der Waals surface area contributed by atoms with E-state index in [1.165, 1.54) is 18.4 Å². The second-order valence-corrected chi connectivity index (χ2v) is 6.43. The molecule has 4 nitrogen and oxygen atoms in total. The third-order valence-corrected chi connectivity index (χ3v) is 4.52. The molecule has 0 saturated heterocycles. The van der Waals surface area contributed by atoms with E-state index in [-0.39, 0.29) is 12.5 Å². The summed E-state index contributed by atoms with van der Waals surface area (Å²) < 4.78 is 5.86. The van der Waals surface area contributed by atoms with Gasteiger partial charge in [-0.05, 0) is 66.8 Å². The molecule has 1 N–H and O–H groups in total. The van der Waals surface area contributed by atoms with Crippen LogP contribution in [0.5, 0.6) is 0 Å². The highest BCUT2D eigenvalue weighted by molar-refractivity contribution is 14.1. The van der Waals surface area contributed by atoms with Crippen molar-refractivity contribution in [2.45, 2.75) is 32.1 Å². The van der Waals surface area contributed by atoms with E-state index in [9.17, 15) is 9.59 Å². The molecule has 0 unspecified atom stereocenters. The van der Waals surface area contributed by atoms with Crippen LogP contribution in [0.3, 0.4) is 0 Å². The van der Waals surface area contributed by atoms with Crippen molar-refractivity contribution >= 4 is 34.5 Å². The van der Waals surface area contributed by atoms with Gasteiger partial charge in [0.15, 0.2) is 6.61 Å². The lowest BCUT2D eigenvalue weighted by Gasteiger charge is -2.13. The summed E-state index contributed by atoms with van der Waals surface area (Å²) in [6.07, 6.45) is 7.95. The van der Waals surface area contributed by atoms with Crippen molar-refractivity contribution in [2.75, 3.05) is 13.2 Å². The Morgan fingerprint density at radius 1 is 1.23 bits per heavy atom. The molecule has 118 valence electrons. The number of carbonyl (C=O) groups excluding carboxylic acids is 2. The quantitative estimate of drug-likeness (QED) is 0.442. The highest BCUT2D eigenvalue weighted by Gasteiger charge is 2.12. The van der Waals surface area contributed by atoms with Crippen LogP contribution in [0.1, 0.15) is 42.5 Å². The molecule has 2 rings (SSSR count). The van der Waals surface area contributed by atoms with E-state index in [0.717, 1.165) is 22.8 Å². The van der Waals surface area contributed by atoms with Gasteiger partial charge in [-0.1, -0.05) is 23.8 Å². The smallest absolute Gasteiger partial charge is 0.339 e. The van der Waals surface area contributed by atoms with Crippen molar-refractivity contribution < 1.29 is 14.3 Å². The number of carbonyl (C=O) groups is 2. The van der Waals surface area contributed by atoms with Crippen molar-refractivity contribution in [3.8, 4) is 0 Å². The zero-order valence-electron chi connectivity index (χ0n) is 12.4. The van der Waals surface area contributed by atoms with Gasteiger partial charge in [0, 0.05) is 10.1 Å². The molecule has 0 aliphatic heterocycles. The van der Waals surface area contributed by atoms with Gasteiger partial charge in [0.05, 0.1) is 5.56 Å². The van der Waals surface area contributed by atoms with Gasteiger partial charge in [-0.2, -0.15) is 0 Å². The molecule has 0 radical (unpaired) electrons. The average molecular weight is 413 g/mol. The van der Waals surface area contributed by atoms with E-state index >= 15 is 0 Å². The Morgan fingerprint density at radius 2 is 2.05 bits per heavy atom. The van der Waals surface area contributed by atoms with Crippen LogP contribution in [-0.2, 0) is 9.53 Å². The number of hydrogen-bond acceptors (Lipinski definition) is 3. The predicted molar refractivity (Wildman–Crippen MR) is 93.6 cm³/mol. The molecule has 1 aliphatic carbocycles. The number of esters is 1. The first-order valence-corrected chi connectivity index (χ1v) is 8.61. The normalized spacial score (nSPS) is 14.1. The molecule has 1 amide bonds. The number of ether oxygens (including phenoxy) is 1. The van der Waals surface area contributed by atoms with Crippen molar-refractivity contribution in [2.24, 2.45) is 0 Å². The summed E-state index contributed by atoms with van der Waals surface area (Å²) in [7, 11) is 0. The first-order valence-electron chi connectivity index (χ1n) is 7.53. The van der Waals surface area contributed by atoms with Crippen LogP contribution in [0.15, 0.2) is 35.9 Å². The van der Waals surface area contributed by atoms with Gasteiger partial charge in [0.25, 0.3) is 5.91 Å². The minimum atomic E-state index is -0.463. The van der Waals surface area contributed by atoms with Crippen LogP contribution in [0.25, 0.3) is 0 Å². The molecule has 0 saturated carbocycles. The van der Waals surface area contributed by atoms with E-state index in [2.05, 4.69) is 34.0 Å². The number of halogens is 1. The summed E-state index contributed by atoms with van der Waals surface area (Å²) >= 11 is 2.07. The Morgan fingerprint density at radius 3 is 2.77 bits per heavy atom. The van der Waals surface area contributed by atoms with E-state index in [4.69, 9.17) is 4.74 Å². The summed E-state index contributed by atoms with van der Waals surface area (Å²) in [5.41, 5.74) is 1.91. The first kappa shape index (κ1) is 17.0. The van der Waals surface area contributed by atoms with E-state index in [1.54, 1.807) is 12.1 Å². The molecule has 22 heavy (non-hydrogen) atoms. The second kappa shape index (κ2) is 8.92. The maximum Gasteiger partial charge on any atom is 0.339 e. The molecule has 0 fully saturated rings. The van der Waals surface area contributed by atoms with Crippen molar-refractivity contribution in [3.05, 3.63) is 45.0 Å². The number of allylic oxidation sites excluding steroid dienone is 1. The maximum absolute atomic E-state index is 11.9. The van der Waals surface area contributed by atoms with Gasteiger partial charge in [0.2, 0.25) is 0 Å². The van der Waals surface area contributed by atoms with Gasteiger partial charge in [-0.25, -0.2) is 4.79 Å². The van der Waals surface area contributed by atoms with Crippen LogP contribution in [0.4, 0.5) is 0 Å². The Kier molecular flexibility index (Phi) is 6.89. The largest absolute Gasteiger partial charge is 0.452 e. The molecule has 0 heterocycles. The van der Waals surface area contributed by atoms with Crippen LogP contribution in [-0.4, -0.2) is 25.0 Å². The first-order chi connectivity index (χ1) is 10.7. The Labute approximate surface area is 144 Å². The number of benzene rings is 1. The lowest BCUT2D eigenvalue weighted by molar-refractivity contribution is -0.124. The lowest BCUT2D eigenvalue weighted by atomic mass is 9.97. The minimum Gasteiger partial charge on any atom is -0.452 e. The SMILES string of the molecule is O=C(COC(=O)c1ccccc1I)NCCC1=CCCCC1. The monoisotopic (exact) mass is 413 g/mol. The molecular weight excluding hydrogens is 393 g/mol. The van der Waals surface area contributed by atoms with Gasteiger partial charge >= 0.3 is 5.97 Å². The lowest BCUT2D eigenvalue weighted by Crippen LogP contribution is -2.30. The zero-order chi connectivity index (χ0) is 15.8. The fraction of sp³-hybridized carbons (Fsp3) is 0.412. The molecule has 0 spiro atoms. The van der Waals surface area contributed by atoms with Gasteiger partial charge in [-0.15, -0.1) is 0 Å². The van der Waals surface area contributed by atoms with E-state index in [1.807, 2.05) is 12.1 Å². The second-order valence-electron chi connectivity index (χ2n) is 5.26. The molecule has 5 heteroatoms. The van der Waals surface area contributed by atoms with Crippen molar-refractivity contribution in [1.82, 2.24) is 5.32 Å². The molecule has 0 atom stereocenters. The van der Waals surface area contributed by atoms with Crippen LogP contribution in [0.2, 0.25) is 0 Å². The van der Waals surface area contributed by atoms with Crippen LogP contribution >= 0.6 is 22.6 Å². The highest BCUT2D eigenvalue weighted by Crippen LogP contribution is 2.19. The van der Waals surface area contributed by atoms with Gasteiger partial charge < -0.3 is 10.1 Å². The molecule has 0 bridgehead atoms. The summed E-state index contributed by atoms with van der Waals surface area (Å²) in [6.45, 7) is 0.369. The summed E-state index contributed by atoms with van der Waals surface area (Å²) in [4.78, 5) is 23.6. The summed E-state index contributed by atoms with van der Waals surface area (Å²) in [5.74, 6) is -0.717. The Bertz CT molecular complexity index is 569. The van der Waals surface area contributed by atoms with Gasteiger partial charge in [0.1, 0.15) is 0 Å². The number of amides is 1. The van der Waals surface area contributed by atoms with E-state index in [0.29, 0.717) is 12.1 Å². The molecule has 1 aliphatic rings. The predicted octanol–water partition coefficient (Wildman–Crippen LogP) is 3.45. The molecule has 0 aromatic heterocycles. The maximum atomic E-state index is 11.9. The standard InChI is InChI=1S/C17H20INO3/c18-15-9-5-4-8-14(15)17(21)22-12-16(20)19-11-10-13-6-2-1-3-7-13/h4-6,8-9H,1-3,7,10-12H2,(H,19,20). The Hall–Kier alpha value is -1.37. The average Bonchev–Trinajstić information content (AvgIpc) is 2.54. The Balaban J connectivity index is 1.68. The van der Waals surface area contributed by atoms with Crippen LogP contribution in [0, 0.1) is 3.57 Å². The molecule has 1 aromatic rings. The topological polar surface area (TPSA) is 55.4 Å². The summed E-state index contributed by atoms with van der Waals surface area (Å²) in [6, 6.07) is 7.15. The summed E-state index contributed by atoms with van der Waals surface area (Å²) in [5, 5.41) is 2.79. The van der Waals surface area contributed by atoms with E-state index < -0.39 is 5.97 Å². The minimum absolute atomic E-state index is 0.233. The fourth-order valence-corrected chi connectivity index (χ4v) is 2.99. The molecular formula is C17H20INO3. The number of nitrogens with one attached hydrogen (secondary N) is 1. The third-order valence-electron chi connectivity index (χ3n) is 3.58. The number of rotatable bonds is 6. The fourth-order valence-electron chi connectivity index (χ4n) is 2.38. The third kappa shape index (κ3) is 5.44. The number of hydrogen-bond donors (Lipinski definition) is 1. The van der Waals surface area contributed by atoms with Gasteiger partial charge in [-0.3, -0.25) is 4.79 Å². The van der Waals surface area contributed by atoms with Crippen molar-refractivity contribution in [3.63, 3.8) is 0 Å². The van der Waals surface area contributed by atoms with Crippen molar-refractivity contribution in [1.29, 1.82) is 0 Å². The zero-order valence-corrected chi connectivity index (χ0v) is 14.6. The van der Waals surface area contributed by atoms with Crippen LogP contribution < -0.4 is 5.32 Å².